The van der Waals surface area contributed by atoms with E-state index in [1.165, 1.54) is 6.08 Å². The first-order valence-corrected chi connectivity index (χ1v) is 10.2. The van der Waals surface area contributed by atoms with Crippen molar-refractivity contribution in [1.82, 2.24) is 9.78 Å². The minimum absolute atomic E-state index is 0.243. The Morgan fingerprint density at radius 2 is 1.85 bits per heavy atom. The number of amides is 1. The zero-order valence-corrected chi connectivity index (χ0v) is 15.7. The van der Waals surface area contributed by atoms with Crippen LogP contribution in [0.5, 0.6) is 0 Å². The molecule has 0 aliphatic carbocycles. The third-order valence-corrected chi connectivity index (χ3v) is 5.62. The van der Waals surface area contributed by atoms with Gasteiger partial charge in [-0.05, 0) is 30.7 Å². The summed E-state index contributed by atoms with van der Waals surface area (Å²) in [5.74, 6) is 1.20. The molecule has 1 N–H and O–H groups in total. The van der Waals surface area contributed by atoms with Gasteiger partial charge in [0.15, 0.2) is 0 Å². The number of benzene rings is 2. The van der Waals surface area contributed by atoms with E-state index in [-0.39, 0.29) is 5.91 Å². The van der Waals surface area contributed by atoms with Gasteiger partial charge in [0.05, 0.1) is 22.9 Å². The molecule has 2 heterocycles. The molecule has 1 atom stereocenters. The van der Waals surface area contributed by atoms with E-state index in [2.05, 4.69) is 10.4 Å². The van der Waals surface area contributed by atoms with Gasteiger partial charge in [-0.2, -0.15) is 5.10 Å². The Hall–Kier alpha value is -2.99. The summed E-state index contributed by atoms with van der Waals surface area (Å²) in [5.41, 5.74) is 4.61. The number of hydrogen-bond donors (Lipinski definition) is 1. The molecular formula is C21H19N3O2S. The topological polar surface area (TPSA) is 64.0 Å². The van der Waals surface area contributed by atoms with E-state index in [0.717, 1.165) is 28.1 Å². The largest absolute Gasteiger partial charge is 0.307 e. The van der Waals surface area contributed by atoms with Crippen LogP contribution in [-0.2, 0) is 27.1 Å². The van der Waals surface area contributed by atoms with Gasteiger partial charge in [0.25, 0.3) is 0 Å². The molecule has 0 saturated carbocycles. The molecule has 1 aliphatic heterocycles. The maximum absolute atomic E-state index is 12.5. The summed E-state index contributed by atoms with van der Waals surface area (Å²) in [5, 5.41) is 7.53. The fourth-order valence-corrected chi connectivity index (χ4v) is 4.29. The highest BCUT2D eigenvalue weighted by Gasteiger charge is 2.28. The minimum atomic E-state index is -0.960. The SMILES string of the molecule is Cc1ccc(-n2nc3c(c2NC(=O)C=Cc2ccccc2)C[S@@](=O)C3)cc1. The predicted octanol–water partition coefficient (Wildman–Crippen LogP) is 3.59. The molecule has 0 fully saturated rings. The third kappa shape index (κ3) is 3.75. The second-order valence-electron chi connectivity index (χ2n) is 6.48. The number of anilines is 1. The van der Waals surface area contributed by atoms with Crippen molar-refractivity contribution in [2.75, 3.05) is 5.32 Å². The van der Waals surface area contributed by atoms with E-state index in [1.54, 1.807) is 10.8 Å². The standard InChI is InChI=1S/C21H19N3O2S/c1-15-7-10-17(11-8-15)24-21(18-13-27(26)14-19(18)23-24)22-20(25)12-9-16-5-3-2-4-6-16/h2-12H,13-14H2,1H3,(H,22,25)/t27-/m1/s1. The van der Waals surface area contributed by atoms with Gasteiger partial charge in [-0.1, -0.05) is 48.0 Å². The minimum Gasteiger partial charge on any atom is -0.307 e. The summed E-state index contributed by atoms with van der Waals surface area (Å²) in [7, 11) is -0.960. The Balaban J connectivity index is 1.65. The van der Waals surface area contributed by atoms with Crippen molar-refractivity contribution in [2.24, 2.45) is 0 Å². The number of aromatic nitrogens is 2. The smallest absolute Gasteiger partial charge is 0.249 e. The van der Waals surface area contributed by atoms with E-state index in [1.807, 2.05) is 61.5 Å². The number of nitrogens with one attached hydrogen (secondary N) is 1. The van der Waals surface area contributed by atoms with Crippen LogP contribution in [0.1, 0.15) is 22.4 Å². The number of hydrogen-bond acceptors (Lipinski definition) is 3. The number of carbonyl (C=O) groups excluding carboxylic acids is 1. The van der Waals surface area contributed by atoms with E-state index in [4.69, 9.17) is 0 Å². The summed E-state index contributed by atoms with van der Waals surface area (Å²) >= 11 is 0. The van der Waals surface area contributed by atoms with Crippen LogP contribution in [0.4, 0.5) is 5.82 Å². The highest BCUT2D eigenvalue weighted by molar-refractivity contribution is 7.83. The van der Waals surface area contributed by atoms with Crippen LogP contribution in [-0.4, -0.2) is 19.9 Å². The molecule has 6 heteroatoms. The molecular weight excluding hydrogens is 358 g/mol. The van der Waals surface area contributed by atoms with Crippen LogP contribution in [0.25, 0.3) is 11.8 Å². The summed E-state index contributed by atoms with van der Waals surface area (Å²) in [6.45, 7) is 2.02. The molecule has 0 saturated heterocycles. The predicted molar refractivity (Wildman–Crippen MR) is 108 cm³/mol. The molecule has 1 amide bonds. The van der Waals surface area contributed by atoms with Crippen molar-refractivity contribution >= 4 is 28.6 Å². The van der Waals surface area contributed by atoms with Crippen LogP contribution in [0.2, 0.25) is 0 Å². The lowest BCUT2D eigenvalue weighted by Gasteiger charge is -2.10. The summed E-state index contributed by atoms with van der Waals surface area (Å²) in [4.78, 5) is 12.5. The van der Waals surface area contributed by atoms with Crippen molar-refractivity contribution in [3.63, 3.8) is 0 Å². The molecule has 27 heavy (non-hydrogen) atoms. The molecule has 1 aromatic heterocycles. The Kier molecular flexibility index (Phi) is 4.73. The van der Waals surface area contributed by atoms with E-state index >= 15 is 0 Å². The Labute approximate surface area is 160 Å². The number of nitrogens with zero attached hydrogens (tertiary/aromatic N) is 2. The third-order valence-electron chi connectivity index (χ3n) is 4.42. The first-order chi connectivity index (χ1) is 13.1. The molecule has 3 aromatic rings. The molecule has 0 spiro atoms. The molecule has 136 valence electrons. The van der Waals surface area contributed by atoms with Crippen LogP contribution < -0.4 is 5.32 Å². The summed E-state index contributed by atoms with van der Waals surface area (Å²) in [6, 6.07) is 17.6. The van der Waals surface area contributed by atoms with Gasteiger partial charge in [0.1, 0.15) is 5.82 Å². The van der Waals surface area contributed by atoms with Crippen molar-refractivity contribution in [3.05, 3.63) is 83.1 Å². The van der Waals surface area contributed by atoms with Crippen molar-refractivity contribution in [3.8, 4) is 5.69 Å². The van der Waals surface area contributed by atoms with Crippen molar-refractivity contribution in [2.45, 2.75) is 18.4 Å². The highest BCUT2D eigenvalue weighted by Crippen LogP contribution is 2.31. The van der Waals surface area contributed by atoms with Gasteiger partial charge in [0.2, 0.25) is 5.91 Å². The van der Waals surface area contributed by atoms with Gasteiger partial charge >= 0.3 is 0 Å². The van der Waals surface area contributed by atoms with E-state index in [0.29, 0.717) is 17.3 Å². The van der Waals surface area contributed by atoms with Crippen molar-refractivity contribution < 1.29 is 9.00 Å². The Bertz CT molecular complexity index is 1040. The van der Waals surface area contributed by atoms with Gasteiger partial charge in [-0.15, -0.1) is 0 Å². The van der Waals surface area contributed by atoms with Crippen LogP contribution in [0.3, 0.4) is 0 Å². The average Bonchev–Trinajstić information content (AvgIpc) is 3.19. The molecule has 4 rings (SSSR count). The van der Waals surface area contributed by atoms with Gasteiger partial charge < -0.3 is 5.32 Å². The second kappa shape index (κ2) is 7.32. The first kappa shape index (κ1) is 17.4. The number of carbonyl (C=O) groups is 1. The quantitative estimate of drug-likeness (QED) is 0.707. The number of aryl methyl sites for hydroxylation is 1. The normalized spacial score (nSPS) is 15.8. The van der Waals surface area contributed by atoms with Crippen LogP contribution >= 0.6 is 0 Å². The van der Waals surface area contributed by atoms with Crippen LogP contribution in [0.15, 0.2) is 60.7 Å². The lowest BCUT2D eigenvalue weighted by atomic mass is 10.2. The monoisotopic (exact) mass is 377 g/mol. The Morgan fingerprint density at radius 1 is 1.11 bits per heavy atom. The van der Waals surface area contributed by atoms with E-state index in [9.17, 15) is 9.00 Å². The average molecular weight is 377 g/mol. The molecule has 1 aliphatic rings. The lowest BCUT2D eigenvalue weighted by molar-refractivity contribution is -0.111. The zero-order valence-electron chi connectivity index (χ0n) is 14.9. The molecule has 5 nitrogen and oxygen atoms in total. The summed E-state index contributed by atoms with van der Waals surface area (Å²) < 4.78 is 13.7. The highest BCUT2D eigenvalue weighted by atomic mass is 32.2. The zero-order chi connectivity index (χ0) is 18.8. The fourth-order valence-electron chi connectivity index (χ4n) is 3.02. The first-order valence-electron chi connectivity index (χ1n) is 8.67. The van der Waals surface area contributed by atoms with Gasteiger partial charge in [-0.3, -0.25) is 9.00 Å². The van der Waals surface area contributed by atoms with Crippen molar-refractivity contribution in [1.29, 1.82) is 0 Å². The maximum Gasteiger partial charge on any atom is 0.249 e. The lowest BCUT2D eigenvalue weighted by Crippen LogP contribution is -2.14. The molecule has 0 bridgehead atoms. The maximum atomic E-state index is 12.5. The Morgan fingerprint density at radius 3 is 2.59 bits per heavy atom. The van der Waals surface area contributed by atoms with Gasteiger partial charge in [-0.25, -0.2) is 4.68 Å². The molecule has 2 aromatic carbocycles. The fraction of sp³-hybridized carbons (Fsp3) is 0.143. The molecule has 0 unspecified atom stereocenters. The summed E-state index contributed by atoms with van der Waals surface area (Å²) in [6.07, 6.45) is 3.26. The van der Waals surface area contributed by atoms with E-state index < -0.39 is 10.8 Å². The van der Waals surface area contributed by atoms with Crippen LogP contribution in [0, 0.1) is 6.92 Å². The second-order valence-corrected chi connectivity index (χ2v) is 7.94. The number of fused-ring (bicyclic) bond motifs is 1. The molecule has 0 radical (unpaired) electrons. The van der Waals surface area contributed by atoms with Gasteiger partial charge in [0, 0.05) is 22.4 Å². The number of rotatable bonds is 4.